The molecule has 1 aromatic rings. The molecule has 130 valence electrons. The number of benzene rings is 1. The minimum atomic E-state index is -4.47. The first-order valence-electron chi connectivity index (χ1n) is 7.76. The van der Waals surface area contributed by atoms with Crippen LogP contribution in [0.15, 0.2) is 24.3 Å². The molecule has 1 aromatic carbocycles. The molecule has 0 unspecified atom stereocenters. The lowest BCUT2D eigenvalue weighted by atomic mass is 9.93. The number of nitrogens with zero attached hydrogens (tertiary/aromatic N) is 2. The molecule has 2 atom stereocenters. The fourth-order valence-corrected chi connectivity index (χ4v) is 2.82. The molecule has 2 rings (SSSR count). The molecule has 1 fully saturated rings. The van der Waals surface area contributed by atoms with Gasteiger partial charge in [0, 0.05) is 13.2 Å². The molecule has 0 saturated carbocycles. The second-order valence-electron chi connectivity index (χ2n) is 5.94. The van der Waals surface area contributed by atoms with Gasteiger partial charge in [-0.3, -0.25) is 4.79 Å². The summed E-state index contributed by atoms with van der Waals surface area (Å²) >= 11 is 0. The maximum atomic E-state index is 12.9. The van der Waals surface area contributed by atoms with E-state index in [0.29, 0.717) is 30.6 Å². The van der Waals surface area contributed by atoms with Crippen LogP contribution in [-0.2, 0) is 16.1 Å². The molecule has 1 saturated heterocycles. The van der Waals surface area contributed by atoms with Gasteiger partial charge in [0.05, 0.1) is 23.7 Å². The molecule has 1 amide bonds. The van der Waals surface area contributed by atoms with Gasteiger partial charge in [-0.15, -0.1) is 0 Å². The first kappa shape index (κ1) is 18.3. The highest BCUT2D eigenvalue weighted by molar-refractivity contribution is 5.79. The van der Waals surface area contributed by atoms with Crippen LogP contribution >= 0.6 is 0 Å². The van der Waals surface area contributed by atoms with Crippen molar-refractivity contribution in [2.75, 3.05) is 13.2 Å². The number of halogens is 3. The van der Waals surface area contributed by atoms with Crippen molar-refractivity contribution in [2.45, 2.75) is 38.6 Å². The lowest BCUT2D eigenvalue weighted by Crippen LogP contribution is -2.46. The fraction of sp³-hybridized carbons (Fsp3) is 0.529. The van der Waals surface area contributed by atoms with Crippen LogP contribution in [0, 0.1) is 17.2 Å². The standard InChI is InChI=1S/C17H19F3N2O2/c1-12-15(3-2-8-24-12)16(23)22(11-17(18,19)20)10-14-6-4-13(9-21)5-7-14/h4-7,12,15H,2-3,8,10-11H2,1H3/t12-,15-/m0/s1. The molecular formula is C17H19F3N2O2. The van der Waals surface area contributed by atoms with E-state index in [4.69, 9.17) is 10.00 Å². The number of rotatable bonds is 4. The second-order valence-corrected chi connectivity index (χ2v) is 5.94. The van der Waals surface area contributed by atoms with Gasteiger partial charge < -0.3 is 9.64 Å². The van der Waals surface area contributed by atoms with E-state index < -0.39 is 24.5 Å². The van der Waals surface area contributed by atoms with E-state index in [1.54, 1.807) is 19.1 Å². The van der Waals surface area contributed by atoms with Crippen LogP contribution < -0.4 is 0 Å². The summed E-state index contributed by atoms with van der Waals surface area (Å²) in [5.74, 6) is -1.09. The van der Waals surface area contributed by atoms with Gasteiger partial charge in [0.2, 0.25) is 5.91 Å². The van der Waals surface area contributed by atoms with Gasteiger partial charge in [0.1, 0.15) is 6.54 Å². The van der Waals surface area contributed by atoms with E-state index in [1.165, 1.54) is 12.1 Å². The molecule has 1 aliphatic heterocycles. The van der Waals surface area contributed by atoms with Crippen LogP contribution in [-0.4, -0.2) is 36.2 Å². The second kappa shape index (κ2) is 7.67. The lowest BCUT2D eigenvalue weighted by Gasteiger charge is -2.33. The smallest absolute Gasteiger partial charge is 0.378 e. The molecule has 0 aliphatic carbocycles. The van der Waals surface area contributed by atoms with Crippen molar-refractivity contribution in [1.82, 2.24) is 4.90 Å². The summed E-state index contributed by atoms with van der Waals surface area (Å²) < 4.78 is 44.1. The zero-order chi connectivity index (χ0) is 17.7. The maximum Gasteiger partial charge on any atom is 0.406 e. The summed E-state index contributed by atoms with van der Waals surface area (Å²) in [6.45, 7) is 0.803. The van der Waals surface area contributed by atoms with Crippen LogP contribution in [0.3, 0.4) is 0 Å². The molecule has 1 heterocycles. The number of hydrogen-bond acceptors (Lipinski definition) is 3. The largest absolute Gasteiger partial charge is 0.406 e. The summed E-state index contributed by atoms with van der Waals surface area (Å²) in [5.41, 5.74) is 0.970. The quantitative estimate of drug-likeness (QED) is 0.845. The highest BCUT2D eigenvalue weighted by Crippen LogP contribution is 2.26. The Morgan fingerprint density at radius 2 is 2.04 bits per heavy atom. The van der Waals surface area contributed by atoms with Gasteiger partial charge in [-0.05, 0) is 37.5 Å². The summed E-state index contributed by atoms with van der Waals surface area (Å²) in [6.07, 6.45) is -3.66. The topological polar surface area (TPSA) is 53.3 Å². The molecule has 24 heavy (non-hydrogen) atoms. The van der Waals surface area contributed by atoms with Crippen LogP contribution in [0.5, 0.6) is 0 Å². The number of ether oxygens (including phenoxy) is 1. The normalized spacial score (nSPS) is 21.1. The predicted molar refractivity (Wildman–Crippen MR) is 80.8 cm³/mol. The highest BCUT2D eigenvalue weighted by atomic mass is 19.4. The Kier molecular flexibility index (Phi) is 5.84. The molecule has 1 aliphatic rings. The van der Waals surface area contributed by atoms with E-state index >= 15 is 0 Å². The first-order valence-corrected chi connectivity index (χ1v) is 7.76. The fourth-order valence-electron chi connectivity index (χ4n) is 2.82. The summed E-state index contributed by atoms with van der Waals surface area (Å²) in [7, 11) is 0. The highest BCUT2D eigenvalue weighted by Gasteiger charge is 2.38. The van der Waals surface area contributed by atoms with E-state index in [9.17, 15) is 18.0 Å². The average Bonchev–Trinajstić information content (AvgIpc) is 2.53. The number of alkyl halides is 3. The Hall–Kier alpha value is -2.07. The molecule has 0 radical (unpaired) electrons. The van der Waals surface area contributed by atoms with Crippen molar-refractivity contribution >= 4 is 5.91 Å². The summed E-state index contributed by atoms with van der Waals surface area (Å²) in [5, 5.41) is 8.77. The molecule has 4 nitrogen and oxygen atoms in total. The number of amides is 1. The predicted octanol–water partition coefficient (Wildman–Crippen LogP) is 3.26. The summed E-state index contributed by atoms with van der Waals surface area (Å²) in [4.78, 5) is 13.4. The van der Waals surface area contributed by atoms with Gasteiger partial charge in [0.25, 0.3) is 0 Å². The third kappa shape index (κ3) is 4.96. The van der Waals surface area contributed by atoms with Crippen LogP contribution in [0.4, 0.5) is 13.2 Å². The molecular weight excluding hydrogens is 321 g/mol. The Bertz CT molecular complexity index is 608. The van der Waals surface area contributed by atoms with Crippen molar-refractivity contribution in [3.05, 3.63) is 35.4 Å². The zero-order valence-corrected chi connectivity index (χ0v) is 13.3. The van der Waals surface area contributed by atoms with Gasteiger partial charge >= 0.3 is 6.18 Å². The third-order valence-corrected chi connectivity index (χ3v) is 4.06. The first-order chi connectivity index (χ1) is 11.3. The maximum absolute atomic E-state index is 12.9. The number of carbonyl (C=O) groups excluding carboxylic acids is 1. The Labute approximate surface area is 138 Å². The molecule has 0 spiro atoms. The number of nitriles is 1. The third-order valence-electron chi connectivity index (χ3n) is 4.06. The van der Waals surface area contributed by atoms with Gasteiger partial charge in [0.15, 0.2) is 0 Å². The minimum absolute atomic E-state index is 0.146. The van der Waals surface area contributed by atoms with Crippen molar-refractivity contribution in [2.24, 2.45) is 5.92 Å². The average molecular weight is 340 g/mol. The van der Waals surface area contributed by atoms with E-state index in [1.807, 2.05) is 6.07 Å². The van der Waals surface area contributed by atoms with E-state index in [2.05, 4.69) is 0 Å². The van der Waals surface area contributed by atoms with Crippen LogP contribution in [0.2, 0.25) is 0 Å². The van der Waals surface area contributed by atoms with Crippen LogP contribution in [0.25, 0.3) is 0 Å². The van der Waals surface area contributed by atoms with Crippen molar-refractivity contribution in [1.29, 1.82) is 5.26 Å². The lowest BCUT2D eigenvalue weighted by molar-refractivity contribution is -0.169. The van der Waals surface area contributed by atoms with Gasteiger partial charge in [-0.2, -0.15) is 18.4 Å². The Morgan fingerprint density at radius 3 is 2.58 bits per heavy atom. The van der Waals surface area contributed by atoms with Crippen molar-refractivity contribution < 1.29 is 22.7 Å². The Balaban J connectivity index is 2.16. The van der Waals surface area contributed by atoms with E-state index in [0.717, 1.165) is 4.90 Å². The van der Waals surface area contributed by atoms with Gasteiger partial charge in [-0.1, -0.05) is 12.1 Å². The van der Waals surface area contributed by atoms with Crippen molar-refractivity contribution in [3.63, 3.8) is 0 Å². The van der Waals surface area contributed by atoms with Crippen LogP contribution in [0.1, 0.15) is 30.9 Å². The number of hydrogen-bond donors (Lipinski definition) is 0. The van der Waals surface area contributed by atoms with Crippen molar-refractivity contribution in [3.8, 4) is 6.07 Å². The molecule has 0 bridgehead atoms. The monoisotopic (exact) mass is 340 g/mol. The molecule has 0 N–H and O–H groups in total. The summed E-state index contributed by atoms with van der Waals surface area (Å²) in [6, 6.07) is 8.13. The SMILES string of the molecule is C[C@@H]1OCCC[C@@H]1C(=O)N(Cc1ccc(C#N)cc1)CC(F)(F)F. The zero-order valence-electron chi connectivity index (χ0n) is 13.3. The Morgan fingerprint density at radius 1 is 1.38 bits per heavy atom. The van der Waals surface area contributed by atoms with Gasteiger partial charge in [-0.25, -0.2) is 0 Å². The minimum Gasteiger partial charge on any atom is -0.378 e. The molecule has 0 aromatic heterocycles. The number of carbonyl (C=O) groups is 1. The van der Waals surface area contributed by atoms with E-state index in [-0.39, 0.29) is 12.6 Å². The molecule has 7 heteroatoms.